The van der Waals surface area contributed by atoms with Gasteiger partial charge in [0.2, 0.25) is 0 Å². The Bertz CT molecular complexity index is 955. The Kier molecular flexibility index (Phi) is 4.40. The lowest BCUT2D eigenvalue weighted by Crippen LogP contribution is -2.16. The normalized spacial score (nSPS) is 10.6. The van der Waals surface area contributed by atoms with Crippen molar-refractivity contribution < 1.29 is 4.79 Å². The molecule has 1 heterocycles. The lowest BCUT2D eigenvalue weighted by atomic mass is 10.1. The number of H-pyrrole nitrogens is 1. The highest BCUT2D eigenvalue weighted by atomic mass is 79.9. The largest absolute Gasteiger partial charge is 0.330 e. The number of benzene rings is 2. The summed E-state index contributed by atoms with van der Waals surface area (Å²) in [5, 5.41) is 2.87. The van der Waals surface area contributed by atoms with E-state index in [2.05, 4.69) is 26.2 Å². The fourth-order valence-corrected chi connectivity index (χ4v) is 2.71. The van der Waals surface area contributed by atoms with E-state index in [0.29, 0.717) is 5.56 Å². The van der Waals surface area contributed by atoms with Crippen LogP contribution in [0.25, 0.3) is 5.69 Å². The van der Waals surface area contributed by atoms with Crippen LogP contribution >= 0.6 is 15.9 Å². The lowest BCUT2D eigenvalue weighted by molar-refractivity contribution is 0.102. The highest BCUT2D eigenvalue weighted by Crippen LogP contribution is 2.20. The van der Waals surface area contributed by atoms with Crippen LogP contribution in [0.2, 0.25) is 0 Å². The zero-order chi connectivity index (χ0) is 17.3. The first kappa shape index (κ1) is 16.3. The van der Waals surface area contributed by atoms with Crippen molar-refractivity contribution in [1.29, 1.82) is 0 Å². The summed E-state index contributed by atoms with van der Waals surface area (Å²) < 4.78 is 2.55. The average molecular weight is 386 g/mol. The zero-order valence-electron chi connectivity index (χ0n) is 13.3. The zero-order valence-corrected chi connectivity index (χ0v) is 14.8. The second-order valence-corrected chi connectivity index (χ2v) is 6.39. The van der Waals surface area contributed by atoms with Gasteiger partial charge in [-0.2, -0.15) is 0 Å². The third-order valence-corrected chi connectivity index (χ3v) is 4.65. The van der Waals surface area contributed by atoms with Crippen molar-refractivity contribution in [2.75, 3.05) is 5.32 Å². The van der Waals surface area contributed by atoms with E-state index >= 15 is 0 Å². The molecule has 0 saturated heterocycles. The Balaban J connectivity index is 1.81. The Morgan fingerprint density at radius 1 is 1.12 bits per heavy atom. The van der Waals surface area contributed by atoms with Crippen molar-refractivity contribution >= 4 is 27.5 Å². The van der Waals surface area contributed by atoms with Crippen molar-refractivity contribution in [3.63, 3.8) is 0 Å². The van der Waals surface area contributed by atoms with Crippen LogP contribution in [0, 0.1) is 13.8 Å². The van der Waals surface area contributed by atoms with E-state index < -0.39 is 0 Å². The Labute approximate surface area is 147 Å². The second-order valence-electron chi connectivity index (χ2n) is 5.54. The molecule has 24 heavy (non-hydrogen) atoms. The van der Waals surface area contributed by atoms with Gasteiger partial charge in [-0.1, -0.05) is 15.9 Å². The molecule has 0 aliphatic heterocycles. The number of hydrogen-bond donors (Lipinski definition) is 2. The first-order valence-corrected chi connectivity index (χ1v) is 8.20. The molecular formula is C18H16BrN3O2. The lowest BCUT2D eigenvalue weighted by Gasteiger charge is -2.08. The predicted octanol–water partition coefficient (Wildman–Crippen LogP) is 3.80. The van der Waals surface area contributed by atoms with Gasteiger partial charge in [-0.15, -0.1) is 0 Å². The monoisotopic (exact) mass is 385 g/mol. The highest BCUT2D eigenvalue weighted by Gasteiger charge is 2.09. The van der Waals surface area contributed by atoms with Gasteiger partial charge in [-0.3, -0.25) is 9.36 Å². The molecule has 0 unspecified atom stereocenters. The molecule has 1 aromatic heterocycles. The van der Waals surface area contributed by atoms with Gasteiger partial charge in [0.1, 0.15) is 0 Å². The third kappa shape index (κ3) is 3.19. The van der Waals surface area contributed by atoms with E-state index in [1.54, 1.807) is 35.0 Å². The van der Waals surface area contributed by atoms with Gasteiger partial charge in [-0.05, 0) is 61.9 Å². The van der Waals surface area contributed by atoms with Crippen molar-refractivity contribution in [2.45, 2.75) is 13.8 Å². The summed E-state index contributed by atoms with van der Waals surface area (Å²) >= 11 is 3.44. The van der Waals surface area contributed by atoms with Crippen molar-refractivity contribution in [3.05, 3.63) is 80.4 Å². The number of aromatic amines is 1. The number of halogens is 1. The molecule has 0 saturated carbocycles. The first-order chi connectivity index (χ1) is 11.5. The molecule has 3 rings (SSSR count). The molecule has 2 aromatic carbocycles. The number of aromatic nitrogens is 2. The molecule has 122 valence electrons. The number of imidazole rings is 1. The average Bonchev–Trinajstić information content (AvgIpc) is 2.90. The molecule has 0 spiro atoms. The summed E-state index contributed by atoms with van der Waals surface area (Å²) in [5.41, 5.74) is 3.64. The van der Waals surface area contributed by atoms with Crippen LogP contribution in [0.15, 0.2) is 57.9 Å². The van der Waals surface area contributed by atoms with Gasteiger partial charge >= 0.3 is 5.69 Å². The number of carbonyl (C=O) groups excluding carboxylic acids is 1. The van der Waals surface area contributed by atoms with Crippen molar-refractivity contribution in [1.82, 2.24) is 9.55 Å². The third-order valence-electron chi connectivity index (χ3n) is 3.76. The molecule has 0 atom stereocenters. The Morgan fingerprint density at radius 2 is 1.83 bits per heavy atom. The van der Waals surface area contributed by atoms with Crippen molar-refractivity contribution in [2.24, 2.45) is 0 Å². The fourth-order valence-electron chi connectivity index (χ4n) is 2.46. The summed E-state index contributed by atoms with van der Waals surface area (Å²) in [6, 6.07) is 12.6. The SMILES string of the molecule is Cc1cc(NC(=O)c2ccc(-n3c(C)c[nH]c3=O)cc2)ccc1Br. The molecule has 0 radical (unpaired) electrons. The maximum Gasteiger partial charge on any atom is 0.330 e. The summed E-state index contributed by atoms with van der Waals surface area (Å²) in [4.78, 5) is 26.8. The molecule has 1 amide bonds. The smallest absolute Gasteiger partial charge is 0.322 e. The van der Waals surface area contributed by atoms with E-state index in [9.17, 15) is 9.59 Å². The number of aryl methyl sites for hydroxylation is 2. The van der Waals surface area contributed by atoms with E-state index in [1.807, 2.05) is 32.0 Å². The number of amides is 1. The molecule has 0 bridgehead atoms. The summed E-state index contributed by atoms with van der Waals surface area (Å²) in [6.45, 7) is 3.81. The van der Waals surface area contributed by atoms with Crippen LogP contribution in [-0.4, -0.2) is 15.5 Å². The van der Waals surface area contributed by atoms with Gasteiger partial charge in [0.15, 0.2) is 0 Å². The minimum Gasteiger partial charge on any atom is -0.322 e. The van der Waals surface area contributed by atoms with E-state index in [-0.39, 0.29) is 11.6 Å². The number of hydrogen-bond acceptors (Lipinski definition) is 2. The molecule has 0 aliphatic carbocycles. The van der Waals surface area contributed by atoms with Gasteiger partial charge < -0.3 is 10.3 Å². The first-order valence-electron chi connectivity index (χ1n) is 7.40. The standard InChI is InChI=1S/C18H16BrN3O2/c1-11-9-14(5-8-16(11)19)21-17(23)13-3-6-15(7-4-13)22-12(2)10-20-18(22)24/h3-10H,1-2H3,(H,20,24)(H,21,23). The fraction of sp³-hybridized carbons (Fsp3) is 0.111. The van der Waals surface area contributed by atoms with Crippen molar-refractivity contribution in [3.8, 4) is 5.69 Å². The second kappa shape index (κ2) is 6.49. The molecule has 2 N–H and O–H groups in total. The van der Waals surface area contributed by atoms with E-state index in [4.69, 9.17) is 0 Å². The topological polar surface area (TPSA) is 66.9 Å². The van der Waals surface area contributed by atoms with Crippen LogP contribution in [0.4, 0.5) is 5.69 Å². The predicted molar refractivity (Wildman–Crippen MR) is 98.0 cm³/mol. The molecular weight excluding hydrogens is 370 g/mol. The molecule has 6 heteroatoms. The highest BCUT2D eigenvalue weighted by molar-refractivity contribution is 9.10. The summed E-state index contributed by atoms with van der Waals surface area (Å²) in [5.74, 6) is -0.193. The summed E-state index contributed by atoms with van der Waals surface area (Å²) in [7, 11) is 0. The maximum atomic E-state index is 12.3. The maximum absolute atomic E-state index is 12.3. The Morgan fingerprint density at radius 3 is 2.42 bits per heavy atom. The van der Waals surface area contributed by atoms with E-state index in [0.717, 1.165) is 27.1 Å². The number of anilines is 1. The van der Waals surface area contributed by atoms with Gasteiger partial charge in [0, 0.05) is 27.6 Å². The van der Waals surface area contributed by atoms with Crippen LogP contribution < -0.4 is 11.0 Å². The summed E-state index contributed by atoms with van der Waals surface area (Å²) in [6.07, 6.45) is 1.65. The van der Waals surface area contributed by atoms with E-state index in [1.165, 1.54) is 0 Å². The van der Waals surface area contributed by atoms with Crippen LogP contribution in [0.1, 0.15) is 21.6 Å². The van der Waals surface area contributed by atoms with Gasteiger partial charge in [0.05, 0.1) is 5.69 Å². The Hall–Kier alpha value is -2.60. The van der Waals surface area contributed by atoms with Gasteiger partial charge in [0.25, 0.3) is 5.91 Å². The molecule has 0 fully saturated rings. The van der Waals surface area contributed by atoms with Crippen LogP contribution in [0.5, 0.6) is 0 Å². The van der Waals surface area contributed by atoms with Crippen LogP contribution in [-0.2, 0) is 0 Å². The minimum absolute atomic E-state index is 0.193. The quantitative estimate of drug-likeness (QED) is 0.719. The number of carbonyl (C=O) groups is 1. The molecule has 0 aliphatic rings. The molecule has 3 aromatic rings. The number of nitrogens with zero attached hydrogens (tertiary/aromatic N) is 1. The minimum atomic E-state index is -0.199. The van der Waals surface area contributed by atoms with Crippen LogP contribution in [0.3, 0.4) is 0 Å². The van der Waals surface area contributed by atoms with Gasteiger partial charge in [-0.25, -0.2) is 4.79 Å². The number of rotatable bonds is 3. The number of nitrogens with one attached hydrogen (secondary N) is 2. The molecule has 5 nitrogen and oxygen atoms in total.